The van der Waals surface area contributed by atoms with Crippen molar-refractivity contribution in [3.63, 3.8) is 0 Å². The SMILES string of the molecule is C=CCC1CCCC1C.CC.CC.CC.CC.CCCC.CCCCC1CC(C)C1. The van der Waals surface area contributed by atoms with Crippen molar-refractivity contribution in [2.75, 3.05) is 0 Å². The second-order valence-corrected chi connectivity index (χ2v) is 7.78. The highest BCUT2D eigenvalue weighted by molar-refractivity contribution is 4.80. The van der Waals surface area contributed by atoms with Crippen molar-refractivity contribution in [2.45, 2.75) is 161 Å². The fourth-order valence-electron chi connectivity index (χ4n) is 3.58. The summed E-state index contributed by atoms with van der Waals surface area (Å²) in [4.78, 5) is 0. The number of rotatable bonds is 6. The van der Waals surface area contributed by atoms with E-state index in [0.29, 0.717) is 0 Å². The summed E-state index contributed by atoms with van der Waals surface area (Å²) in [5, 5.41) is 0. The second kappa shape index (κ2) is 39.2. The molecule has 0 heterocycles. The van der Waals surface area contributed by atoms with Crippen LogP contribution in [0.4, 0.5) is 0 Å². The summed E-state index contributed by atoms with van der Waals surface area (Å²) in [6.45, 7) is 31.1. The van der Waals surface area contributed by atoms with E-state index in [1.54, 1.807) is 0 Å². The maximum atomic E-state index is 3.76. The Bertz CT molecular complexity index is 234. The van der Waals surface area contributed by atoms with Gasteiger partial charge >= 0.3 is 0 Å². The predicted octanol–water partition coefficient (Wildman–Crippen LogP) is 12.1. The molecule has 0 saturated heterocycles. The van der Waals surface area contributed by atoms with Gasteiger partial charge in [-0.2, -0.15) is 0 Å². The van der Waals surface area contributed by atoms with Gasteiger partial charge in [-0.05, 0) is 49.4 Å². The molecule has 2 rings (SSSR count). The number of hydrogen-bond acceptors (Lipinski definition) is 0. The van der Waals surface area contributed by atoms with Crippen molar-refractivity contribution in [1.82, 2.24) is 0 Å². The highest BCUT2D eigenvalue weighted by atomic mass is 14.3. The molecule has 2 unspecified atom stereocenters. The van der Waals surface area contributed by atoms with Crippen LogP contribution in [-0.2, 0) is 0 Å². The van der Waals surface area contributed by atoms with Crippen LogP contribution in [0, 0.1) is 23.7 Å². The van der Waals surface area contributed by atoms with Crippen LogP contribution in [0.2, 0.25) is 0 Å². The maximum absolute atomic E-state index is 3.76. The Balaban J connectivity index is -0.0000000929. The quantitative estimate of drug-likeness (QED) is 0.369. The van der Waals surface area contributed by atoms with Gasteiger partial charge in [0, 0.05) is 0 Å². The third kappa shape index (κ3) is 29.9. The van der Waals surface area contributed by atoms with Crippen LogP contribution in [0.5, 0.6) is 0 Å². The first-order valence-electron chi connectivity index (χ1n) is 14.2. The lowest BCUT2D eigenvalue weighted by atomic mass is 9.74. The molecular weight excluding hydrogens is 360 g/mol. The summed E-state index contributed by atoms with van der Waals surface area (Å²) in [6.07, 6.45) is 17.6. The molecule has 0 aliphatic heterocycles. The first-order valence-corrected chi connectivity index (χ1v) is 14.2. The van der Waals surface area contributed by atoms with Gasteiger partial charge in [0.05, 0.1) is 0 Å². The first-order chi connectivity index (χ1) is 14.6. The Hall–Kier alpha value is -0.260. The third-order valence-electron chi connectivity index (χ3n) is 5.45. The fourth-order valence-corrected chi connectivity index (χ4v) is 3.58. The molecule has 0 aromatic carbocycles. The Kier molecular flexibility index (Phi) is 52.5. The van der Waals surface area contributed by atoms with Crippen molar-refractivity contribution in [1.29, 1.82) is 0 Å². The van der Waals surface area contributed by atoms with Gasteiger partial charge in [-0.1, -0.05) is 141 Å². The fraction of sp³-hybridized carbons (Fsp3) is 0.933. The van der Waals surface area contributed by atoms with Crippen molar-refractivity contribution in [3.05, 3.63) is 12.7 Å². The van der Waals surface area contributed by atoms with Gasteiger partial charge in [0.25, 0.3) is 0 Å². The van der Waals surface area contributed by atoms with E-state index in [-0.39, 0.29) is 0 Å². The number of hydrogen-bond donors (Lipinski definition) is 0. The minimum Gasteiger partial charge on any atom is -0.103 e. The van der Waals surface area contributed by atoms with Crippen molar-refractivity contribution >= 4 is 0 Å². The largest absolute Gasteiger partial charge is 0.103 e. The first kappa shape index (κ1) is 40.1. The highest BCUT2D eigenvalue weighted by Gasteiger charge is 2.23. The Labute approximate surface area is 197 Å². The van der Waals surface area contributed by atoms with E-state index in [1.807, 2.05) is 55.4 Å². The molecule has 30 heavy (non-hydrogen) atoms. The van der Waals surface area contributed by atoms with E-state index in [2.05, 4.69) is 47.3 Å². The molecular formula is C30H68. The zero-order valence-corrected chi connectivity index (χ0v) is 24.4. The van der Waals surface area contributed by atoms with Crippen molar-refractivity contribution in [3.8, 4) is 0 Å². The minimum atomic E-state index is 0.961. The van der Waals surface area contributed by atoms with Gasteiger partial charge in [-0.3, -0.25) is 0 Å². The smallest absolute Gasteiger partial charge is 0.0322 e. The average Bonchev–Trinajstić information content (AvgIpc) is 3.21. The summed E-state index contributed by atoms with van der Waals surface area (Å²) in [5.41, 5.74) is 0. The van der Waals surface area contributed by atoms with E-state index in [0.717, 1.165) is 23.7 Å². The average molecular weight is 429 g/mol. The van der Waals surface area contributed by atoms with Crippen molar-refractivity contribution in [2.24, 2.45) is 23.7 Å². The molecule has 2 fully saturated rings. The zero-order valence-electron chi connectivity index (χ0n) is 24.4. The van der Waals surface area contributed by atoms with Crippen LogP contribution in [0.25, 0.3) is 0 Å². The molecule has 0 amide bonds. The van der Waals surface area contributed by atoms with Gasteiger partial charge in [-0.15, -0.1) is 6.58 Å². The van der Waals surface area contributed by atoms with Gasteiger partial charge in [-0.25, -0.2) is 0 Å². The molecule has 2 aliphatic rings. The van der Waals surface area contributed by atoms with E-state index < -0.39 is 0 Å². The molecule has 2 atom stereocenters. The van der Waals surface area contributed by atoms with E-state index in [1.165, 1.54) is 70.6 Å². The summed E-state index contributed by atoms with van der Waals surface area (Å²) in [5.74, 6) is 4.08. The Morgan fingerprint density at radius 3 is 1.47 bits per heavy atom. The maximum Gasteiger partial charge on any atom is -0.0322 e. The highest BCUT2D eigenvalue weighted by Crippen LogP contribution is 2.36. The molecule has 0 aromatic rings. The predicted molar refractivity (Wildman–Crippen MR) is 149 cm³/mol. The summed E-state index contributed by atoms with van der Waals surface area (Å²) < 4.78 is 0. The molecule has 0 spiro atoms. The van der Waals surface area contributed by atoms with Crippen LogP contribution in [0.1, 0.15) is 161 Å². The molecule has 188 valence electrons. The van der Waals surface area contributed by atoms with Gasteiger partial charge in [0.1, 0.15) is 0 Å². The molecule has 0 heteroatoms. The van der Waals surface area contributed by atoms with Crippen LogP contribution in [0.15, 0.2) is 12.7 Å². The lowest BCUT2D eigenvalue weighted by molar-refractivity contribution is 0.196. The molecule has 0 N–H and O–H groups in total. The third-order valence-corrected chi connectivity index (χ3v) is 5.45. The molecule has 2 saturated carbocycles. The Morgan fingerprint density at radius 1 is 0.733 bits per heavy atom. The molecule has 2 aliphatic carbocycles. The minimum absolute atomic E-state index is 0.961. The standard InChI is InChI=1S/C9H16.C9H18.C4H10.4C2H6/c1-3-5-9-7-4-6-8(9)2;1-3-4-5-9-6-8(2)7-9;1-3-4-2;4*1-2/h3,8-9H,1,4-7H2,2H3;8-9H,3-7H2,1-2H3;3-4H2,1-2H3;4*1-2H3. The summed E-state index contributed by atoms with van der Waals surface area (Å²) in [6, 6.07) is 0. The lowest BCUT2D eigenvalue weighted by Crippen LogP contribution is -2.20. The second-order valence-electron chi connectivity index (χ2n) is 7.78. The Morgan fingerprint density at radius 2 is 1.20 bits per heavy atom. The van der Waals surface area contributed by atoms with Crippen LogP contribution >= 0.6 is 0 Å². The summed E-state index contributed by atoms with van der Waals surface area (Å²) >= 11 is 0. The molecule has 0 nitrogen and oxygen atoms in total. The zero-order chi connectivity index (χ0) is 24.8. The lowest BCUT2D eigenvalue weighted by Gasteiger charge is -2.32. The van der Waals surface area contributed by atoms with Crippen LogP contribution in [-0.4, -0.2) is 0 Å². The monoisotopic (exact) mass is 429 g/mol. The summed E-state index contributed by atoms with van der Waals surface area (Å²) in [7, 11) is 0. The van der Waals surface area contributed by atoms with Crippen LogP contribution < -0.4 is 0 Å². The van der Waals surface area contributed by atoms with Crippen molar-refractivity contribution < 1.29 is 0 Å². The topological polar surface area (TPSA) is 0 Å². The van der Waals surface area contributed by atoms with E-state index >= 15 is 0 Å². The normalized spacial score (nSPS) is 22.4. The van der Waals surface area contributed by atoms with Crippen LogP contribution in [0.3, 0.4) is 0 Å². The van der Waals surface area contributed by atoms with E-state index in [4.69, 9.17) is 0 Å². The number of allylic oxidation sites excluding steroid dienone is 1. The molecule has 0 radical (unpaired) electrons. The van der Waals surface area contributed by atoms with Gasteiger partial charge < -0.3 is 0 Å². The van der Waals surface area contributed by atoms with E-state index in [9.17, 15) is 0 Å². The molecule has 0 aromatic heterocycles. The molecule has 0 bridgehead atoms. The van der Waals surface area contributed by atoms with Gasteiger partial charge in [0.2, 0.25) is 0 Å². The van der Waals surface area contributed by atoms with Gasteiger partial charge in [0.15, 0.2) is 0 Å². The number of unbranched alkanes of at least 4 members (excludes halogenated alkanes) is 2.